The minimum atomic E-state index is -0.179. The molecular weight excluding hydrogens is 441 g/mol. The molecule has 0 atom stereocenters. The lowest BCUT2D eigenvalue weighted by Crippen LogP contribution is -2.46. The second-order valence-corrected chi connectivity index (χ2v) is 6.67. The van der Waals surface area contributed by atoms with Crippen LogP contribution in [0, 0.1) is 0 Å². The highest BCUT2D eigenvalue weighted by Gasteiger charge is 2.19. The van der Waals surface area contributed by atoms with Crippen molar-refractivity contribution in [3.05, 3.63) is 35.9 Å². The Morgan fingerprint density at radius 3 is 2.65 bits per heavy atom. The second kappa shape index (κ2) is 9.36. The fourth-order valence-electron chi connectivity index (χ4n) is 3.19. The lowest BCUT2D eigenvalue weighted by atomic mass is 10.1. The fraction of sp³-hybridized carbons (Fsp3) is 0.474. The van der Waals surface area contributed by atoms with Gasteiger partial charge >= 0.3 is 0 Å². The average molecular weight is 469 g/mol. The first-order valence-corrected chi connectivity index (χ1v) is 8.78. The third-order valence-electron chi connectivity index (χ3n) is 4.66. The van der Waals surface area contributed by atoms with Crippen molar-refractivity contribution in [2.45, 2.75) is 25.5 Å². The van der Waals surface area contributed by atoms with Crippen molar-refractivity contribution < 1.29 is 5.11 Å². The molecule has 0 radical (unpaired) electrons. The smallest absolute Gasteiger partial charge is 0.193 e. The first-order chi connectivity index (χ1) is 12.1. The number of pyridine rings is 1. The fourth-order valence-corrected chi connectivity index (χ4v) is 3.19. The van der Waals surface area contributed by atoms with Gasteiger partial charge in [-0.3, -0.25) is 4.99 Å². The van der Waals surface area contributed by atoms with Gasteiger partial charge in [-0.2, -0.15) is 0 Å². The number of aliphatic hydroxyl groups excluding tert-OH is 1. The number of benzene rings is 1. The monoisotopic (exact) mass is 469 g/mol. The summed E-state index contributed by atoms with van der Waals surface area (Å²) in [6.07, 6.45) is 1.41. The summed E-state index contributed by atoms with van der Waals surface area (Å²) in [5.41, 5.74) is 2.20. The molecule has 1 aromatic heterocycles. The van der Waals surface area contributed by atoms with Crippen molar-refractivity contribution in [1.29, 1.82) is 0 Å². The Bertz CT molecular complexity index is 757. The van der Waals surface area contributed by atoms with Crippen LogP contribution >= 0.6 is 24.0 Å². The number of rotatable bonds is 3. The Morgan fingerprint density at radius 1 is 1.31 bits per heavy atom. The number of aliphatic hydroxyl groups is 1. The molecule has 0 unspecified atom stereocenters. The number of piperidine rings is 1. The molecule has 1 aliphatic rings. The quantitative estimate of drug-likeness (QED) is 0.411. The van der Waals surface area contributed by atoms with Crippen LogP contribution in [0.25, 0.3) is 10.9 Å². The van der Waals surface area contributed by atoms with Gasteiger partial charge in [0.05, 0.1) is 11.6 Å². The number of anilines is 1. The molecule has 3 rings (SSSR count). The van der Waals surface area contributed by atoms with Crippen molar-refractivity contribution in [3.63, 3.8) is 0 Å². The van der Waals surface area contributed by atoms with Crippen LogP contribution in [0.1, 0.15) is 18.4 Å². The van der Waals surface area contributed by atoms with Gasteiger partial charge in [0.2, 0.25) is 0 Å². The summed E-state index contributed by atoms with van der Waals surface area (Å²) in [5, 5.41) is 14.3. The van der Waals surface area contributed by atoms with Gasteiger partial charge in [-0.1, -0.05) is 18.2 Å². The number of aliphatic imine (C=N–C) groups is 1. The molecule has 1 fully saturated rings. The molecular formula is C19H28IN5O. The van der Waals surface area contributed by atoms with Crippen molar-refractivity contribution in [3.8, 4) is 0 Å². The van der Waals surface area contributed by atoms with Crippen LogP contribution in [0.2, 0.25) is 0 Å². The number of likely N-dealkylation sites (tertiary alicyclic amines) is 1. The van der Waals surface area contributed by atoms with E-state index in [1.54, 1.807) is 0 Å². The number of halogens is 1. The SMILES string of the molecule is CN=C(NCc1cc(N(C)C)nc2ccccc12)N1CCC(O)CC1.I. The van der Waals surface area contributed by atoms with Crippen LogP contribution in [-0.4, -0.2) is 61.3 Å². The Kier molecular flexibility index (Phi) is 7.45. The third kappa shape index (κ3) is 4.76. The van der Waals surface area contributed by atoms with Crippen molar-refractivity contribution in [2.24, 2.45) is 4.99 Å². The molecule has 6 nitrogen and oxygen atoms in total. The summed E-state index contributed by atoms with van der Waals surface area (Å²) < 4.78 is 0. The summed E-state index contributed by atoms with van der Waals surface area (Å²) in [4.78, 5) is 13.4. The van der Waals surface area contributed by atoms with E-state index in [1.165, 1.54) is 5.56 Å². The number of aromatic nitrogens is 1. The molecule has 1 aromatic carbocycles. The third-order valence-corrected chi connectivity index (χ3v) is 4.66. The molecule has 2 heterocycles. The predicted octanol–water partition coefficient (Wildman–Crippen LogP) is 2.45. The maximum Gasteiger partial charge on any atom is 0.193 e. The molecule has 2 N–H and O–H groups in total. The topological polar surface area (TPSA) is 64.0 Å². The lowest BCUT2D eigenvalue weighted by Gasteiger charge is -2.32. The summed E-state index contributed by atoms with van der Waals surface area (Å²) in [5.74, 6) is 1.84. The van der Waals surface area contributed by atoms with E-state index < -0.39 is 0 Å². The van der Waals surface area contributed by atoms with Gasteiger partial charge < -0.3 is 20.2 Å². The summed E-state index contributed by atoms with van der Waals surface area (Å²) in [6.45, 7) is 2.36. The highest BCUT2D eigenvalue weighted by atomic mass is 127. The van der Waals surface area contributed by atoms with Crippen LogP contribution < -0.4 is 10.2 Å². The summed E-state index contributed by atoms with van der Waals surface area (Å²) >= 11 is 0. The zero-order valence-corrected chi connectivity index (χ0v) is 18.0. The number of nitrogens with one attached hydrogen (secondary N) is 1. The molecule has 0 saturated carbocycles. The average Bonchev–Trinajstić information content (AvgIpc) is 2.63. The molecule has 7 heteroatoms. The number of hydrogen-bond donors (Lipinski definition) is 2. The van der Waals surface area contributed by atoms with Crippen LogP contribution in [0.15, 0.2) is 35.3 Å². The largest absolute Gasteiger partial charge is 0.393 e. The Balaban J connectivity index is 0.00000243. The molecule has 0 aliphatic carbocycles. The van der Waals surface area contributed by atoms with E-state index in [9.17, 15) is 5.11 Å². The zero-order chi connectivity index (χ0) is 17.8. The van der Waals surface area contributed by atoms with Crippen LogP contribution in [0.3, 0.4) is 0 Å². The lowest BCUT2D eigenvalue weighted by molar-refractivity contribution is 0.108. The van der Waals surface area contributed by atoms with Gasteiger partial charge in [0, 0.05) is 46.2 Å². The molecule has 0 spiro atoms. The Labute approximate surface area is 172 Å². The van der Waals surface area contributed by atoms with Crippen LogP contribution in [0.5, 0.6) is 0 Å². The van der Waals surface area contributed by atoms with Crippen molar-refractivity contribution >= 4 is 46.7 Å². The van der Waals surface area contributed by atoms with Gasteiger partial charge in [0.15, 0.2) is 5.96 Å². The number of fused-ring (bicyclic) bond motifs is 1. The molecule has 1 saturated heterocycles. The number of hydrogen-bond acceptors (Lipinski definition) is 4. The molecule has 0 amide bonds. The summed E-state index contributed by atoms with van der Waals surface area (Å²) in [7, 11) is 5.82. The van der Waals surface area contributed by atoms with E-state index in [0.29, 0.717) is 6.54 Å². The molecule has 142 valence electrons. The van der Waals surface area contributed by atoms with Crippen molar-refractivity contribution in [1.82, 2.24) is 15.2 Å². The normalized spacial score (nSPS) is 15.7. The van der Waals surface area contributed by atoms with Crippen LogP contribution in [-0.2, 0) is 6.54 Å². The zero-order valence-electron chi connectivity index (χ0n) is 15.6. The van der Waals surface area contributed by atoms with E-state index in [1.807, 2.05) is 44.2 Å². The number of para-hydroxylation sites is 1. The predicted molar refractivity (Wildman–Crippen MR) is 118 cm³/mol. The van der Waals surface area contributed by atoms with E-state index in [4.69, 9.17) is 4.98 Å². The minimum absolute atomic E-state index is 0. The van der Waals surface area contributed by atoms with E-state index in [0.717, 1.165) is 48.6 Å². The first-order valence-electron chi connectivity index (χ1n) is 8.78. The van der Waals surface area contributed by atoms with Gasteiger partial charge in [-0.05, 0) is 30.5 Å². The number of nitrogens with zero attached hydrogens (tertiary/aromatic N) is 4. The second-order valence-electron chi connectivity index (χ2n) is 6.67. The first kappa shape index (κ1) is 20.7. The number of guanidine groups is 1. The van der Waals surface area contributed by atoms with Gasteiger partial charge in [-0.15, -0.1) is 24.0 Å². The van der Waals surface area contributed by atoms with Gasteiger partial charge in [-0.25, -0.2) is 4.98 Å². The molecule has 26 heavy (non-hydrogen) atoms. The molecule has 2 aromatic rings. The standard InChI is InChI=1S/C19H27N5O.HI/c1-20-19(24-10-8-15(25)9-11-24)21-13-14-12-18(23(2)3)22-17-7-5-4-6-16(14)17;/h4-7,12,15,25H,8-11,13H2,1-3H3,(H,20,21);1H. The summed E-state index contributed by atoms with van der Waals surface area (Å²) in [6, 6.07) is 10.3. The highest BCUT2D eigenvalue weighted by molar-refractivity contribution is 14.0. The highest BCUT2D eigenvalue weighted by Crippen LogP contribution is 2.22. The van der Waals surface area contributed by atoms with E-state index in [2.05, 4.69) is 27.3 Å². The maximum atomic E-state index is 9.69. The maximum absolute atomic E-state index is 9.69. The molecule has 1 aliphatic heterocycles. The van der Waals surface area contributed by atoms with Crippen LogP contribution in [0.4, 0.5) is 5.82 Å². The van der Waals surface area contributed by atoms with Crippen molar-refractivity contribution in [2.75, 3.05) is 39.1 Å². The minimum Gasteiger partial charge on any atom is -0.393 e. The Hall–Kier alpha value is -1.61. The Morgan fingerprint density at radius 2 is 2.00 bits per heavy atom. The molecule has 0 bridgehead atoms. The van der Waals surface area contributed by atoms with E-state index in [-0.39, 0.29) is 30.1 Å². The van der Waals surface area contributed by atoms with Gasteiger partial charge in [0.1, 0.15) is 5.82 Å². The van der Waals surface area contributed by atoms with E-state index >= 15 is 0 Å². The van der Waals surface area contributed by atoms with Gasteiger partial charge in [0.25, 0.3) is 0 Å².